The number of benzene rings is 2. The zero-order valence-corrected chi connectivity index (χ0v) is 20.8. The van der Waals surface area contributed by atoms with Crippen LogP contribution in [0.15, 0.2) is 66.1 Å². The van der Waals surface area contributed by atoms with Crippen LogP contribution < -0.4 is 9.47 Å². The number of carbonyl (C=O) groups excluding carboxylic acids is 2. The van der Waals surface area contributed by atoms with Gasteiger partial charge in [-0.15, -0.1) is 11.3 Å². The molecule has 1 fully saturated rings. The molecular weight excluding hydrogens is 494 g/mol. The Morgan fingerprint density at radius 3 is 2.54 bits per heavy atom. The van der Waals surface area contributed by atoms with Gasteiger partial charge in [-0.25, -0.2) is 0 Å². The molecule has 0 atom stereocenters. The van der Waals surface area contributed by atoms with Gasteiger partial charge in [0.05, 0.1) is 11.5 Å². The minimum absolute atomic E-state index is 0.0121. The van der Waals surface area contributed by atoms with E-state index in [1.165, 1.54) is 18.2 Å². The topological polar surface area (TPSA) is 102 Å². The van der Waals surface area contributed by atoms with Gasteiger partial charge >= 0.3 is 0 Å². The summed E-state index contributed by atoms with van der Waals surface area (Å²) < 4.78 is 10.9. The Balaban J connectivity index is 1.29. The number of amides is 2. The van der Waals surface area contributed by atoms with Gasteiger partial charge in [0, 0.05) is 35.7 Å². The summed E-state index contributed by atoms with van der Waals surface area (Å²) in [7, 11) is 0. The monoisotopic (exact) mass is 519 g/mol. The summed E-state index contributed by atoms with van der Waals surface area (Å²) in [6.07, 6.45) is 4.76. The molecule has 190 valence electrons. The third kappa shape index (κ3) is 6.15. The second-order valence-corrected chi connectivity index (χ2v) is 9.93. The van der Waals surface area contributed by atoms with Gasteiger partial charge in [0.1, 0.15) is 6.54 Å². The molecule has 2 aromatic carbocycles. The van der Waals surface area contributed by atoms with Gasteiger partial charge in [0.15, 0.2) is 11.5 Å². The summed E-state index contributed by atoms with van der Waals surface area (Å²) in [5.41, 5.74) is 1.57. The molecular formula is C27H25N3O6S. The number of hydrogen-bond acceptors (Lipinski definition) is 7. The minimum atomic E-state index is -0.468. The molecule has 2 aliphatic rings. The summed E-state index contributed by atoms with van der Waals surface area (Å²) in [6, 6.07) is 15.6. The van der Waals surface area contributed by atoms with Crippen molar-refractivity contribution in [2.24, 2.45) is 0 Å². The van der Waals surface area contributed by atoms with Gasteiger partial charge in [0.2, 0.25) is 18.6 Å². The third-order valence-corrected chi connectivity index (χ3v) is 7.05. The Morgan fingerprint density at radius 1 is 1.05 bits per heavy atom. The fourth-order valence-electron chi connectivity index (χ4n) is 4.07. The molecule has 37 heavy (non-hydrogen) atoms. The first kappa shape index (κ1) is 24.5. The molecule has 0 bridgehead atoms. The van der Waals surface area contributed by atoms with E-state index in [9.17, 15) is 19.7 Å². The maximum Gasteiger partial charge on any atom is 0.269 e. The highest BCUT2D eigenvalue weighted by molar-refractivity contribution is 7.09. The summed E-state index contributed by atoms with van der Waals surface area (Å²) in [5, 5.41) is 12.8. The summed E-state index contributed by atoms with van der Waals surface area (Å²) >= 11 is 1.58. The number of ether oxygens (including phenoxy) is 2. The Bertz CT molecular complexity index is 1320. The zero-order chi connectivity index (χ0) is 25.8. The van der Waals surface area contributed by atoms with E-state index in [4.69, 9.17) is 9.47 Å². The molecule has 0 N–H and O–H groups in total. The van der Waals surface area contributed by atoms with Crippen molar-refractivity contribution in [3.8, 4) is 11.5 Å². The number of non-ortho nitro benzene ring substituents is 1. The normalized spacial score (nSPS) is 14.1. The van der Waals surface area contributed by atoms with Crippen molar-refractivity contribution in [3.05, 3.63) is 92.2 Å². The lowest BCUT2D eigenvalue weighted by Crippen LogP contribution is -2.43. The van der Waals surface area contributed by atoms with Crippen LogP contribution in [0.1, 0.15) is 28.8 Å². The number of nitrogens with zero attached hydrogens (tertiary/aromatic N) is 3. The van der Waals surface area contributed by atoms with Crippen LogP contribution >= 0.6 is 11.3 Å². The molecule has 0 unspecified atom stereocenters. The number of fused-ring (bicyclic) bond motifs is 1. The lowest BCUT2D eigenvalue weighted by molar-refractivity contribution is -0.384. The third-order valence-electron chi connectivity index (χ3n) is 6.19. The quantitative estimate of drug-likeness (QED) is 0.220. The molecule has 1 aliphatic heterocycles. The van der Waals surface area contributed by atoms with E-state index in [1.807, 2.05) is 35.7 Å². The van der Waals surface area contributed by atoms with Gasteiger partial charge in [-0.3, -0.25) is 19.7 Å². The van der Waals surface area contributed by atoms with Crippen molar-refractivity contribution in [2.75, 3.05) is 13.3 Å². The van der Waals surface area contributed by atoms with Gasteiger partial charge in [-0.1, -0.05) is 12.1 Å². The fraction of sp³-hybridized carbons (Fsp3) is 0.259. The first-order valence-electron chi connectivity index (χ1n) is 11.9. The van der Waals surface area contributed by atoms with Crippen molar-refractivity contribution in [1.82, 2.24) is 9.80 Å². The van der Waals surface area contributed by atoms with Crippen LogP contribution in [0.5, 0.6) is 11.5 Å². The molecule has 9 nitrogen and oxygen atoms in total. The van der Waals surface area contributed by atoms with Gasteiger partial charge in [0.25, 0.3) is 5.69 Å². The second kappa shape index (κ2) is 10.8. The number of thiophene rings is 1. The van der Waals surface area contributed by atoms with E-state index in [1.54, 1.807) is 39.3 Å². The van der Waals surface area contributed by atoms with Crippen LogP contribution in [-0.2, 0) is 22.7 Å². The van der Waals surface area contributed by atoms with Crippen molar-refractivity contribution < 1.29 is 24.0 Å². The first-order valence-corrected chi connectivity index (χ1v) is 12.8. The second-order valence-electron chi connectivity index (χ2n) is 8.90. The minimum Gasteiger partial charge on any atom is -0.454 e. The molecule has 1 aromatic heterocycles. The number of nitro benzene ring substituents is 1. The molecule has 0 saturated heterocycles. The smallest absolute Gasteiger partial charge is 0.269 e. The maximum absolute atomic E-state index is 13.5. The highest BCUT2D eigenvalue weighted by Crippen LogP contribution is 2.33. The molecule has 3 aromatic rings. The number of rotatable bonds is 10. The molecule has 0 radical (unpaired) electrons. The summed E-state index contributed by atoms with van der Waals surface area (Å²) in [4.78, 5) is 41.4. The van der Waals surface area contributed by atoms with E-state index < -0.39 is 4.92 Å². The van der Waals surface area contributed by atoms with Gasteiger partial charge in [-0.05, 0) is 65.8 Å². The maximum atomic E-state index is 13.5. The van der Waals surface area contributed by atoms with Crippen molar-refractivity contribution in [2.45, 2.75) is 32.0 Å². The number of carbonyl (C=O) groups is 2. The summed E-state index contributed by atoms with van der Waals surface area (Å²) in [6.45, 7) is 0.974. The lowest BCUT2D eigenvalue weighted by Gasteiger charge is -2.27. The molecule has 1 aliphatic carbocycles. The Kier molecular flexibility index (Phi) is 7.18. The van der Waals surface area contributed by atoms with Crippen LogP contribution in [-0.4, -0.2) is 45.9 Å². The molecule has 0 spiro atoms. The lowest BCUT2D eigenvalue weighted by atomic mass is 10.1. The predicted octanol–water partition coefficient (Wildman–Crippen LogP) is 4.62. The Labute approximate surface area is 217 Å². The van der Waals surface area contributed by atoms with Crippen molar-refractivity contribution in [3.63, 3.8) is 0 Å². The standard InChI is InChI=1S/C27H25N3O6S/c31-26(12-6-19-3-7-22(8-4-19)30(33)34)29(21-9-10-21)17-27(32)28(16-23-2-1-13-37-23)15-20-5-11-24-25(14-20)36-18-35-24/h1-8,11-14,21H,9-10,15-18H2. The summed E-state index contributed by atoms with van der Waals surface area (Å²) in [5.74, 6) is 0.945. The Morgan fingerprint density at radius 2 is 1.84 bits per heavy atom. The van der Waals surface area contributed by atoms with Gasteiger partial charge in [-0.2, -0.15) is 0 Å². The average molecular weight is 520 g/mol. The van der Waals surface area contributed by atoms with Gasteiger partial charge < -0.3 is 19.3 Å². The predicted molar refractivity (Wildman–Crippen MR) is 138 cm³/mol. The first-order chi connectivity index (χ1) is 18.0. The highest BCUT2D eigenvalue weighted by atomic mass is 32.1. The zero-order valence-electron chi connectivity index (χ0n) is 19.9. The van der Waals surface area contributed by atoms with E-state index in [0.29, 0.717) is 30.2 Å². The fourth-order valence-corrected chi connectivity index (χ4v) is 4.79. The van der Waals surface area contributed by atoms with Crippen LogP contribution in [0.25, 0.3) is 6.08 Å². The van der Waals surface area contributed by atoms with Crippen LogP contribution in [0.2, 0.25) is 0 Å². The van der Waals surface area contributed by atoms with Crippen LogP contribution in [0, 0.1) is 10.1 Å². The highest BCUT2D eigenvalue weighted by Gasteiger charge is 2.34. The van der Waals surface area contributed by atoms with E-state index in [-0.39, 0.29) is 36.9 Å². The average Bonchev–Trinajstić information content (AvgIpc) is 3.40. The van der Waals surface area contributed by atoms with Crippen molar-refractivity contribution in [1.29, 1.82) is 0 Å². The number of nitro groups is 1. The molecule has 1 saturated carbocycles. The van der Waals surface area contributed by atoms with E-state index in [2.05, 4.69) is 0 Å². The molecule has 10 heteroatoms. The van der Waals surface area contributed by atoms with Crippen molar-refractivity contribution >= 4 is 34.9 Å². The number of hydrogen-bond donors (Lipinski definition) is 0. The largest absolute Gasteiger partial charge is 0.454 e. The van der Waals surface area contributed by atoms with E-state index in [0.717, 1.165) is 23.3 Å². The van der Waals surface area contributed by atoms with Crippen LogP contribution in [0.4, 0.5) is 5.69 Å². The molecule has 5 rings (SSSR count). The Hall–Kier alpha value is -4.18. The molecule has 2 heterocycles. The van der Waals surface area contributed by atoms with Crippen LogP contribution in [0.3, 0.4) is 0 Å². The van der Waals surface area contributed by atoms with E-state index >= 15 is 0 Å². The SMILES string of the molecule is O=C(CN(C(=O)C=Cc1ccc([N+](=O)[O-])cc1)C1CC1)N(Cc1ccc2c(c1)OCO2)Cc1cccs1. The molecule has 2 amide bonds.